The van der Waals surface area contributed by atoms with Gasteiger partial charge in [0.1, 0.15) is 5.82 Å². The number of hydrogen-bond donors (Lipinski definition) is 3. The van der Waals surface area contributed by atoms with Crippen molar-refractivity contribution >= 4 is 23.5 Å². The van der Waals surface area contributed by atoms with Crippen molar-refractivity contribution < 1.29 is 9.59 Å². The lowest BCUT2D eigenvalue weighted by atomic mass is 10.1. The first-order valence-electron chi connectivity index (χ1n) is 10.5. The SMILES string of the molecule is CC.NC(=O)c1ccc(C2CC2)cc1.NC(=O)c1ncc(N2CCCCC2)nc1N. The molecule has 30 heavy (non-hydrogen) atoms. The molecule has 0 bridgehead atoms. The second-order valence-electron chi connectivity index (χ2n) is 7.13. The molecule has 4 rings (SSSR count). The van der Waals surface area contributed by atoms with Gasteiger partial charge in [0.25, 0.3) is 5.91 Å². The summed E-state index contributed by atoms with van der Waals surface area (Å²) in [6.45, 7) is 5.92. The fourth-order valence-corrected chi connectivity index (χ4v) is 3.20. The van der Waals surface area contributed by atoms with Gasteiger partial charge in [-0.3, -0.25) is 9.59 Å². The lowest BCUT2D eigenvalue weighted by Gasteiger charge is -2.27. The molecule has 8 nitrogen and oxygen atoms in total. The van der Waals surface area contributed by atoms with Gasteiger partial charge in [0.15, 0.2) is 11.5 Å². The Morgan fingerprint density at radius 1 is 0.967 bits per heavy atom. The molecule has 162 valence electrons. The Balaban J connectivity index is 0.000000204. The summed E-state index contributed by atoms with van der Waals surface area (Å²) in [7, 11) is 0. The van der Waals surface area contributed by atoms with E-state index in [0.29, 0.717) is 5.56 Å². The number of anilines is 2. The number of piperidine rings is 1. The molecule has 0 spiro atoms. The number of nitrogen functional groups attached to an aromatic ring is 1. The number of nitrogens with zero attached hydrogens (tertiary/aromatic N) is 3. The Morgan fingerprint density at radius 2 is 1.57 bits per heavy atom. The number of carbonyl (C=O) groups excluding carboxylic acids is 2. The van der Waals surface area contributed by atoms with Crippen molar-refractivity contribution in [2.24, 2.45) is 11.5 Å². The van der Waals surface area contributed by atoms with E-state index in [1.54, 1.807) is 18.3 Å². The Labute approximate surface area is 177 Å². The van der Waals surface area contributed by atoms with Gasteiger partial charge in [-0.1, -0.05) is 26.0 Å². The van der Waals surface area contributed by atoms with Crippen LogP contribution in [-0.4, -0.2) is 34.9 Å². The quantitative estimate of drug-likeness (QED) is 0.705. The van der Waals surface area contributed by atoms with Crippen molar-refractivity contribution in [2.75, 3.05) is 23.7 Å². The normalized spacial score (nSPS) is 15.2. The first-order chi connectivity index (χ1) is 14.5. The van der Waals surface area contributed by atoms with Gasteiger partial charge in [-0.25, -0.2) is 9.97 Å². The fraction of sp³-hybridized carbons (Fsp3) is 0.455. The second-order valence-corrected chi connectivity index (χ2v) is 7.13. The third-order valence-corrected chi connectivity index (χ3v) is 4.94. The Bertz CT molecular complexity index is 843. The zero-order valence-corrected chi connectivity index (χ0v) is 17.8. The van der Waals surface area contributed by atoms with Crippen LogP contribution in [0.4, 0.5) is 11.6 Å². The monoisotopic (exact) mass is 412 g/mol. The number of benzene rings is 1. The predicted molar refractivity (Wildman–Crippen MR) is 119 cm³/mol. The molecule has 0 radical (unpaired) electrons. The maximum Gasteiger partial charge on any atom is 0.271 e. The molecule has 8 heteroatoms. The molecule has 2 heterocycles. The zero-order valence-electron chi connectivity index (χ0n) is 17.8. The van der Waals surface area contributed by atoms with E-state index in [1.165, 1.54) is 24.8 Å². The van der Waals surface area contributed by atoms with E-state index in [9.17, 15) is 9.59 Å². The van der Waals surface area contributed by atoms with Gasteiger partial charge < -0.3 is 22.1 Å². The van der Waals surface area contributed by atoms with E-state index in [0.717, 1.165) is 37.7 Å². The van der Waals surface area contributed by atoms with Crippen molar-refractivity contribution in [3.63, 3.8) is 0 Å². The molecule has 2 aliphatic rings. The van der Waals surface area contributed by atoms with Crippen LogP contribution < -0.4 is 22.1 Å². The standard InChI is InChI=1S/C10H15N5O.C10H11NO.C2H6/c11-9-8(10(12)16)13-6-7(14-9)15-4-2-1-3-5-15;11-10(12)9-5-3-8(4-6-9)7-1-2-7;1-2/h6H,1-5H2,(H2,11,14)(H2,12,16);3-7H,1-2H2,(H2,11,12);1-2H3. The third-order valence-electron chi connectivity index (χ3n) is 4.94. The molecule has 1 aliphatic heterocycles. The highest BCUT2D eigenvalue weighted by atomic mass is 16.1. The third kappa shape index (κ3) is 6.43. The summed E-state index contributed by atoms with van der Waals surface area (Å²) in [6, 6.07) is 7.60. The van der Waals surface area contributed by atoms with E-state index >= 15 is 0 Å². The minimum absolute atomic E-state index is 0.0424. The summed E-state index contributed by atoms with van der Waals surface area (Å²) in [4.78, 5) is 31.9. The highest BCUT2D eigenvalue weighted by Crippen LogP contribution is 2.39. The number of nitrogens with two attached hydrogens (primary N) is 3. The molecular weight excluding hydrogens is 380 g/mol. The Kier molecular flexibility index (Phi) is 8.58. The molecule has 2 amide bonds. The van der Waals surface area contributed by atoms with E-state index in [4.69, 9.17) is 17.2 Å². The maximum atomic E-state index is 10.9. The van der Waals surface area contributed by atoms with Gasteiger partial charge in [-0.05, 0) is 55.7 Å². The first-order valence-corrected chi connectivity index (χ1v) is 10.5. The summed E-state index contributed by atoms with van der Waals surface area (Å²) in [5, 5.41) is 0. The van der Waals surface area contributed by atoms with Crippen LogP contribution in [0.2, 0.25) is 0 Å². The Hall–Kier alpha value is -3.16. The van der Waals surface area contributed by atoms with Crippen LogP contribution in [0.3, 0.4) is 0 Å². The highest BCUT2D eigenvalue weighted by molar-refractivity contribution is 5.95. The molecule has 2 aromatic rings. The molecule has 0 unspecified atom stereocenters. The molecule has 2 fully saturated rings. The van der Waals surface area contributed by atoms with Gasteiger partial charge in [-0.15, -0.1) is 0 Å². The molecular formula is C22H32N6O2. The number of amides is 2. The average Bonchev–Trinajstić information content (AvgIpc) is 3.61. The van der Waals surface area contributed by atoms with Crippen molar-refractivity contribution in [3.05, 3.63) is 47.3 Å². The minimum Gasteiger partial charge on any atom is -0.382 e. The molecule has 0 atom stereocenters. The Morgan fingerprint density at radius 3 is 2.03 bits per heavy atom. The number of aromatic nitrogens is 2. The second kappa shape index (κ2) is 11.1. The number of rotatable bonds is 4. The predicted octanol–water partition coefficient (Wildman–Crippen LogP) is 2.84. The topological polar surface area (TPSA) is 141 Å². The number of primary amides is 2. The van der Waals surface area contributed by atoms with Crippen LogP contribution in [0.1, 0.15) is 78.3 Å². The lowest BCUT2D eigenvalue weighted by Crippen LogP contribution is -2.31. The number of hydrogen-bond acceptors (Lipinski definition) is 6. The fourth-order valence-electron chi connectivity index (χ4n) is 3.20. The molecule has 1 aliphatic carbocycles. The molecule has 1 saturated heterocycles. The van der Waals surface area contributed by atoms with Crippen LogP contribution >= 0.6 is 0 Å². The highest BCUT2D eigenvalue weighted by Gasteiger charge is 2.23. The summed E-state index contributed by atoms with van der Waals surface area (Å²) in [5.74, 6) is 0.581. The molecule has 1 aromatic heterocycles. The van der Waals surface area contributed by atoms with E-state index in [1.807, 2.05) is 26.0 Å². The minimum atomic E-state index is -0.643. The van der Waals surface area contributed by atoms with E-state index in [2.05, 4.69) is 14.9 Å². The van der Waals surface area contributed by atoms with Gasteiger partial charge in [0, 0.05) is 18.7 Å². The molecule has 1 aromatic carbocycles. The maximum absolute atomic E-state index is 10.9. The largest absolute Gasteiger partial charge is 0.382 e. The van der Waals surface area contributed by atoms with Crippen LogP contribution in [0.25, 0.3) is 0 Å². The van der Waals surface area contributed by atoms with Crippen LogP contribution in [0.15, 0.2) is 30.5 Å². The smallest absolute Gasteiger partial charge is 0.271 e. The van der Waals surface area contributed by atoms with Crippen LogP contribution in [0, 0.1) is 0 Å². The van der Waals surface area contributed by atoms with Crippen LogP contribution in [-0.2, 0) is 0 Å². The summed E-state index contributed by atoms with van der Waals surface area (Å²) in [6.07, 6.45) is 7.69. The van der Waals surface area contributed by atoms with E-state index in [-0.39, 0.29) is 17.4 Å². The zero-order chi connectivity index (χ0) is 22.1. The van der Waals surface area contributed by atoms with Crippen molar-refractivity contribution in [1.29, 1.82) is 0 Å². The van der Waals surface area contributed by atoms with Gasteiger partial charge >= 0.3 is 0 Å². The summed E-state index contributed by atoms with van der Waals surface area (Å²) < 4.78 is 0. The van der Waals surface area contributed by atoms with Crippen molar-refractivity contribution in [1.82, 2.24) is 9.97 Å². The average molecular weight is 413 g/mol. The van der Waals surface area contributed by atoms with Crippen molar-refractivity contribution in [2.45, 2.75) is 51.9 Å². The van der Waals surface area contributed by atoms with E-state index < -0.39 is 5.91 Å². The summed E-state index contributed by atoms with van der Waals surface area (Å²) in [5.41, 5.74) is 17.8. The van der Waals surface area contributed by atoms with Crippen LogP contribution in [0.5, 0.6) is 0 Å². The van der Waals surface area contributed by atoms with Gasteiger partial charge in [-0.2, -0.15) is 0 Å². The molecule has 1 saturated carbocycles. The summed E-state index contributed by atoms with van der Waals surface area (Å²) >= 11 is 0. The molecule has 6 N–H and O–H groups in total. The van der Waals surface area contributed by atoms with Gasteiger partial charge in [0.05, 0.1) is 6.20 Å². The number of carbonyl (C=O) groups is 2. The first kappa shape index (κ1) is 23.1. The lowest BCUT2D eigenvalue weighted by molar-refractivity contribution is 0.0989. The van der Waals surface area contributed by atoms with Crippen molar-refractivity contribution in [3.8, 4) is 0 Å². The van der Waals surface area contributed by atoms with Gasteiger partial charge in [0.2, 0.25) is 5.91 Å².